The Balaban J connectivity index is 2.31. The third kappa shape index (κ3) is 3.05. The second-order valence-electron chi connectivity index (χ2n) is 4.69. The molecule has 7 heteroatoms. The maximum atomic E-state index is 12.6. The second kappa shape index (κ2) is 5.85. The van der Waals surface area contributed by atoms with Gasteiger partial charge in [-0.3, -0.25) is 0 Å². The second-order valence-corrected chi connectivity index (χ2v) is 6.58. The molecule has 1 aliphatic rings. The number of aliphatic hydroxyl groups excluding tert-OH is 1. The lowest BCUT2D eigenvalue weighted by molar-refractivity contribution is 0.192. The number of pyridine rings is 1. The summed E-state index contributed by atoms with van der Waals surface area (Å²) in [5.74, 6) is 0.191. The van der Waals surface area contributed by atoms with E-state index in [9.17, 15) is 8.42 Å². The Hall–Kier alpha value is -1.18. The van der Waals surface area contributed by atoms with Gasteiger partial charge in [0.1, 0.15) is 5.82 Å². The number of nitrogen functional groups attached to an aromatic ring is 1. The number of nitrogens with zero attached hydrogens (tertiary/aromatic N) is 2. The van der Waals surface area contributed by atoms with Crippen LogP contribution in [0.4, 0.5) is 5.82 Å². The zero-order chi connectivity index (χ0) is 13.9. The number of aliphatic hydroxyl groups is 1. The average Bonchev–Trinajstić information content (AvgIpc) is 2.39. The van der Waals surface area contributed by atoms with Crippen LogP contribution in [0.25, 0.3) is 0 Å². The van der Waals surface area contributed by atoms with E-state index in [4.69, 9.17) is 10.8 Å². The molecule has 0 bridgehead atoms. The lowest BCUT2D eigenvalue weighted by Gasteiger charge is -2.34. The van der Waals surface area contributed by atoms with Crippen LogP contribution in [0.2, 0.25) is 0 Å². The van der Waals surface area contributed by atoms with Crippen molar-refractivity contribution in [3.8, 4) is 0 Å². The number of sulfonamides is 1. The maximum absolute atomic E-state index is 12.6. The Kier molecular flexibility index (Phi) is 4.38. The van der Waals surface area contributed by atoms with Crippen molar-refractivity contribution < 1.29 is 13.5 Å². The van der Waals surface area contributed by atoms with E-state index in [1.165, 1.54) is 22.6 Å². The highest BCUT2D eigenvalue weighted by atomic mass is 32.2. The van der Waals surface area contributed by atoms with Gasteiger partial charge >= 0.3 is 0 Å². The topological polar surface area (TPSA) is 96.5 Å². The lowest BCUT2D eigenvalue weighted by Crippen LogP contribution is -2.44. The number of aromatic nitrogens is 1. The summed E-state index contributed by atoms with van der Waals surface area (Å²) in [6.07, 6.45) is 4.50. The maximum Gasteiger partial charge on any atom is 0.243 e. The minimum atomic E-state index is -3.55. The van der Waals surface area contributed by atoms with Gasteiger partial charge in [-0.25, -0.2) is 13.4 Å². The standard InChI is InChI=1S/C12H19N3O3S/c13-12-9-11(4-6-14-12)19(17,18)15-7-2-1-3-10(15)5-8-16/h4,6,9-10,16H,1-3,5,7-8H2,(H2,13,14). The van der Waals surface area contributed by atoms with Gasteiger partial charge in [0.2, 0.25) is 10.0 Å². The van der Waals surface area contributed by atoms with Gasteiger partial charge in [0.25, 0.3) is 0 Å². The van der Waals surface area contributed by atoms with Gasteiger partial charge in [0.15, 0.2) is 0 Å². The predicted octanol–water partition coefficient (Wildman–Crippen LogP) is 0.589. The summed E-state index contributed by atoms with van der Waals surface area (Å²) in [5.41, 5.74) is 5.54. The van der Waals surface area contributed by atoms with E-state index in [0.717, 1.165) is 19.3 Å². The highest BCUT2D eigenvalue weighted by molar-refractivity contribution is 7.89. The summed E-state index contributed by atoms with van der Waals surface area (Å²) in [5, 5.41) is 9.07. The summed E-state index contributed by atoms with van der Waals surface area (Å²) in [7, 11) is -3.55. The first-order valence-electron chi connectivity index (χ1n) is 6.40. The van der Waals surface area contributed by atoms with Crippen LogP contribution >= 0.6 is 0 Å². The molecule has 1 aromatic rings. The molecule has 6 nitrogen and oxygen atoms in total. The monoisotopic (exact) mass is 285 g/mol. The van der Waals surface area contributed by atoms with Crippen molar-refractivity contribution in [1.29, 1.82) is 0 Å². The molecule has 3 N–H and O–H groups in total. The molecule has 1 fully saturated rings. The summed E-state index contributed by atoms with van der Waals surface area (Å²) in [6.45, 7) is 0.490. The van der Waals surface area contributed by atoms with Crippen LogP contribution in [-0.4, -0.2) is 42.0 Å². The molecule has 0 radical (unpaired) electrons. The van der Waals surface area contributed by atoms with Crippen LogP contribution in [0.15, 0.2) is 23.2 Å². The number of nitrogens with two attached hydrogens (primary N) is 1. The lowest BCUT2D eigenvalue weighted by atomic mass is 10.0. The molecular formula is C12H19N3O3S. The fourth-order valence-corrected chi connectivity index (χ4v) is 4.20. The van der Waals surface area contributed by atoms with Crippen molar-refractivity contribution in [3.63, 3.8) is 0 Å². The molecule has 0 aliphatic carbocycles. The molecule has 19 heavy (non-hydrogen) atoms. The van der Waals surface area contributed by atoms with Crippen LogP contribution in [-0.2, 0) is 10.0 Å². The summed E-state index contributed by atoms with van der Waals surface area (Å²) in [4.78, 5) is 3.98. The van der Waals surface area contributed by atoms with Gasteiger partial charge in [-0.05, 0) is 25.3 Å². The zero-order valence-corrected chi connectivity index (χ0v) is 11.5. The SMILES string of the molecule is Nc1cc(S(=O)(=O)N2CCCCC2CCO)ccn1. The minimum absolute atomic E-state index is 0.00479. The van der Waals surface area contributed by atoms with Crippen LogP contribution in [0.5, 0.6) is 0 Å². The molecule has 0 saturated carbocycles. The molecule has 106 valence electrons. The Bertz CT molecular complexity index is 531. The van der Waals surface area contributed by atoms with Crippen LogP contribution in [0, 0.1) is 0 Å². The van der Waals surface area contributed by atoms with Gasteiger partial charge in [0.05, 0.1) is 4.90 Å². The van der Waals surface area contributed by atoms with E-state index in [2.05, 4.69) is 4.98 Å². The first-order valence-corrected chi connectivity index (χ1v) is 7.84. The van der Waals surface area contributed by atoms with E-state index in [0.29, 0.717) is 13.0 Å². The molecule has 2 rings (SSSR count). The molecule has 1 atom stereocenters. The van der Waals surface area contributed by atoms with E-state index in [-0.39, 0.29) is 23.4 Å². The molecule has 1 unspecified atom stereocenters. The molecule has 1 aromatic heterocycles. The number of hydrogen-bond donors (Lipinski definition) is 2. The largest absolute Gasteiger partial charge is 0.396 e. The Morgan fingerprint density at radius 3 is 2.95 bits per heavy atom. The third-order valence-electron chi connectivity index (χ3n) is 3.39. The van der Waals surface area contributed by atoms with Gasteiger partial charge < -0.3 is 10.8 Å². The number of rotatable bonds is 4. The smallest absolute Gasteiger partial charge is 0.243 e. The number of hydrogen-bond acceptors (Lipinski definition) is 5. The Labute approximate surface area is 113 Å². The highest BCUT2D eigenvalue weighted by Crippen LogP contribution is 2.27. The van der Waals surface area contributed by atoms with E-state index in [1.54, 1.807) is 0 Å². The normalized spacial score (nSPS) is 21.4. The van der Waals surface area contributed by atoms with Gasteiger partial charge in [-0.15, -0.1) is 0 Å². The van der Waals surface area contributed by atoms with E-state index < -0.39 is 10.0 Å². The van der Waals surface area contributed by atoms with Gasteiger partial charge in [-0.1, -0.05) is 6.42 Å². The highest BCUT2D eigenvalue weighted by Gasteiger charge is 2.33. The molecular weight excluding hydrogens is 266 g/mol. The Morgan fingerprint density at radius 1 is 1.47 bits per heavy atom. The summed E-state index contributed by atoms with van der Waals surface area (Å²) >= 11 is 0. The first-order chi connectivity index (χ1) is 9.05. The number of piperidine rings is 1. The Morgan fingerprint density at radius 2 is 2.26 bits per heavy atom. The van der Waals surface area contributed by atoms with Gasteiger partial charge in [-0.2, -0.15) is 4.31 Å². The third-order valence-corrected chi connectivity index (χ3v) is 5.34. The minimum Gasteiger partial charge on any atom is -0.396 e. The van der Waals surface area contributed by atoms with Crippen LogP contribution in [0.3, 0.4) is 0 Å². The van der Waals surface area contributed by atoms with Crippen molar-refractivity contribution in [3.05, 3.63) is 18.3 Å². The molecule has 2 heterocycles. The average molecular weight is 285 g/mol. The molecule has 1 aliphatic heterocycles. The van der Waals surface area contributed by atoms with Crippen LogP contribution in [0.1, 0.15) is 25.7 Å². The molecule has 0 aromatic carbocycles. The van der Waals surface area contributed by atoms with Crippen molar-refractivity contribution in [2.75, 3.05) is 18.9 Å². The van der Waals surface area contributed by atoms with Crippen LogP contribution < -0.4 is 5.73 Å². The fraction of sp³-hybridized carbons (Fsp3) is 0.583. The fourth-order valence-electron chi connectivity index (χ4n) is 2.45. The van der Waals surface area contributed by atoms with E-state index in [1.807, 2.05) is 0 Å². The van der Waals surface area contributed by atoms with E-state index >= 15 is 0 Å². The zero-order valence-electron chi connectivity index (χ0n) is 10.7. The van der Waals surface area contributed by atoms with Crippen molar-refractivity contribution in [1.82, 2.24) is 9.29 Å². The molecule has 0 spiro atoms. The first kappa shape index (κ1) is 14.2. The molecule has 0 amide bonds. The van der Waals surface area contributed by atoms with Crippen molar-refractivity contribution in [2.45, 2.75) is 36.6 Å². The predicted molar refractivity (Wildman–Crippen MR) is 71.9 cm³/mol. The molecule has 1 saturated heterocycles. The summed E-state index contributed by atoms with van der Waals surface area (Å²) < 4.78 is 26.7. The van der Waals surface area contributed by atoms with Crippen molar-refractivity contribution in [2.24, 2.45) is 0 Å². The van der Waals surface area contributed by atoms with Gasteiger partial charge in [0, 0.05) is 31.5 Å². The number of anilines is 1. The summed E-state index contributed by atoms with van der Waals surface area (Å²) in [6, 6.07) is 2.70. The quantitative estimate of drug-likeness (QED) is 0.844. The van der Waals surface area contributed by atoms with Crippen molar-refractivity contribution >= 4 is 15.8 Å².